The van der Waals surface area contributed by atoms with Crippen molar-refractivity contribution in [3.05, 3.63) is 35.4 Å². The van der Waals surface area contributed by atoms with Gasteiger partial charge in [-0.2, -0.15) is 0 Å². The maximum atomic E-state index is 12.8. The Morgan fingerprint density at radius 3 is 2.50 bits per heavy atom. The Morgan fingerprint density at radius 1 is 1.22 bits per heavy atom. The van der Waals surface area contributed by atoms with Gasteiger partial charge in [0.25, 0.3) is 0 Å². The molecule has 1 aliphatic heterocycles. The molecule has 1 aromatic rings. The topological polar surface area (TPSA) is 15.3 Å². The lowest BCUT2D eigenvalue weighted by Crippen LogP contribution is -2.45. The molecule has 0 spiro atoms. The maximum absolute atomic E-state index is 12.8. The number of nitrogens with one attached hydrogen (secondary N) is 1. The number of aryl methyl sites for hydroxylation is 1. The van der Waals surface area contributed by atoms with Crippen molar-refractivity contribution in [1.29, 1.82) is 0 Å². The Hall–Kier alpha value is -1.00. The van der Waals surface area contributed by atoms with Crippen LogP contribution in [0.1, 0.15) is 23.6 Å². The van der Waals surface area contributed by atoms with Gasteiger partial charge in [0, 0.05) is 38.6 Å². The second-order valence-electron chi connectivity index (χ2n) is 4.79. The summed E-state index contributed by atoms with van der Waals surface area (Å²) >= 11 is 0. The van der Waals surface area contributed by atoms with Gasteiger partial charge in [0.05, 0.1) is 0 Å². The average molecular weight is 254 g/mol. The minimum Gasteiger partial charge on any atom is -0.314 e. The van der Waals surface area contributed by atoms with Gasteiger partial charge >= 0.3 is 0 Å². The van der Waals surface area contributed by atoms with E-state index in [1.807, 2.05) is 31.2 Å². The zero-order chi connectivity index (χ0) is 13.0. The highest BCUT2D eigenvalue weighted by Crippen LogP contribution is 2.29. The van der Waals surface area contributed by atoms with Crippen LogP contribution in [-0.4, -0.2) is 37.5 Å². The van der Waals surface area contributed by atoms with E-state index in [1.54, 1.807) is 0 Å². The molecule has 18 heavy (non-hydrogen) atoms. The molecule has 100 valence electrons. The molecule has 0 saturated carbocycles. The summed E-state index contributed by atoms with van der Waals surface area (Å²) in [7, 11) is 0. The lowest BCUT2D eigenvalue weighted by molar-refractivity contribution is 0.0737. The minimum absolute atomic E-state index is 0.0785. The first-order valence-corrected chi connectivity index (χ1v) is 6.47. The van der Waals surface area contributed by atoms with Crippen LogP contribution >= 0.6 is 0 Å². The standard InChI is InChI=1S/C14H20F2N2/c1-11-4-2-3-5-12(11)13(10-14(15)16)18-8-6-17-7-9-18/h2-5,13-14,17H,6-10H2,1H3/t13-/m0/s1. The smallest absolute Gasteiger partial charge is 0.240 e. The van der Waals surface area contributed by atoms with Gasteiger partial charge in [-0.25, -0.2) is 8.78 Å². The molecule has 1 aliphatic rings. The fraction of sp³-hybridized carbons (Fsp3) is 0.571. The van der Waals surface area contributed by atoms with E-state index >= 15 is 0 Å². The number of nitrogens with zero attached hydrogens (tertiary/aromatic N) is 1. The molecule has 1 N–H and O–H groups in total. The van der Waals surface area contributed by atoms with E-state index in [9.17, 15) is 8.78 Å². The maximum Gasteiger partial charge on any atom is 0.240 e. The number of alkyl halides is 2. The van der Waals surface area contributed by atoms with Gasteiger partial charge in [-0.3, -0.25) is 4.90 Å². The van der Waals surface area contributed by atoms with E-state index in [2.05, 4.69) is 10.2 Å². The van der Waals surface area contributed by atoms with E-state index in [0.29, 0.717) is 0 Å². The largest absolute Gasteiger partial charge is 0.314 e. The van der Waals surface area contributed by atoms with Crippen molar-refractivity contribution in [3.8, 4) is 0 Å². The van der Waals surface area contributed by atoms with Gasteiger partial charge < -0.3 is 5.32 Å². The van der Waals surface area contributed by atoms with Crippen LogP contribution in [0.3, 0.4) is 0 Å². The summed E-state index contributed by atoms with van der Waals surface area (Å²) in [5.74, 6) is 0. The van der Waals surface area contributed by atoms with Crippen LogP contribution in [0.4, 0.5) is 8.78 Å². The number of benzene rings is 1. The third-order valence-electron chi connectivity index (χ3n) is 3.54. The molecule has 2 rings (SSSR count). The average Bonchev–Trinajstić information content (AvgIpc) is 2.38. The first-order chi connectivity index (χ1) is 8.68. The number of rotatable bonds is 4. The lowest BCUT2D eigenvalue weighted by Gasteiger charge is -2.35. The lowest BCUT2D eigenvalue weighted by atomic mass is 9.97. The van der Waals surface area contributed by atoms with E-state index in [1.165, 1.54) is 0 Å². The molecular weight excluding hydrogens is 234 g/mol. The second kappa shape index (κ2) is 6.25. The first-order valence-electron chi connectivity index (χ1n) is 6.47. The highest BCUT2D eigenvalue weighted by molar-refractivity contribution is 5.29. The molecule has 1 atom stereocenters. The van der Waals surface area contributed by atoms with Gasteiger partial charge in [-0.15, -0.1) is 0 Å². The summed E-state index contributed by atoms with van der Waals surface area (Å²) in [6.07, 6.45) is -2.34. The van der Waals surface area contributed by atoms with Crippen LogP contribution in [-0.2, 0) is 0 Å². The molecule has 1 fully saturated rings. The van der Waals surface area contributed by atoms with Crippen molar-refractivity contribution in [2.24, 2.45) is 0 Å². The summed E-state index contributed by atoms with van der Waals surface area (Å²) < 4.78 is 25.6. The summed E-state index contributed by atoms with van der Waals surface area (Å²) in [4.78, 5) is 2.17. The van der Waals surface area contributed by atoms with Crippen molar-refractivity contribution < 1.29 is 8.78 Å². The number of hydrogen-bond donors (Lipinski definition) is 1. The Labute approximate surface area is 107 Å². The summed E-state index contributed by atoms with van der Waals surface area (Å²) in [6, 6.07) is 7.70. The fourth-order valence-corrected chi connectivity index (χ4v) is 2.60. The van der Waals surface area contributed by atoms with Gasteiger partial charge in [0.1, 0.15) is 0 Å². The molecule has 0 radical (unpaired) electrons. The number of halogens is 2. The third kappa shape index (κ3) is 3.27. The Kier molecular flexibility index (Phi) is 4.66. The molecule has 1 heterocycles. The van der Waals surface area contributed by atoms with Crippen LogP contribution in [0.15, 0.2) is 24.3 Å². The van der Waals surface area contributed by atoms with Crippen LogP contribution in [0.2, 0.25) is 0 Å². The van der Waals surface area contributed by atoms with E-state index < -0.39 is 6.43 Å². The third-order valence-corrected chi connectivity index (χ3v) is 3.54. The van der Waals surface area contributed by atoms with Crippen molar-refractivity contribution in [3.63, 3.8) is 0 Å². The van der Waals surface area contributed by atoms with Crippen molar-refractivity contribution in [1.82, 2.24) is 10.2 Å². The first kappa shape index (κ1) is 13.4. The van der Waals surface area contributed by atoms with Gasteiger partial charge in [-0.05, 0) is 18.1 Å². The van der Waals surface area contributed by atoms with E-state index in [0.717, 1.165) is 37.3 Å². The molecule has 0 unspecified atom stereocenters. The molecule has 2 nitrogen and oxygen atoms in total. The molecule has 4 heteroatoms. The van der Waals surface area contributed by atoms with Gasteiger partial charge in [-0.1, -0.05) is 24.3 Å². The highest BCUT2D eigenvalue weighted by atomic mass is 19.3. The Morgan fingerprint density at radius 2 is 1.89 bits per heavy atom. The van der Waals surface area contributed by atoms with Crippen LogP contribution < -0.4 is 5.32 Å². The van der Waals surface area contributed by atoms with Crippen LogP contribution in [0.5, 0.6) is 0 Å². The van der Waals surface area contributed by atoms with E-state index in [4.69, 9.17) is 0 Å². The van der Waals surface area contributed by atoms with Gasteiger partial charge in [0.15, 0.2) is 0 Å². The van der Waals surface area contributed by atoms with Crippen molar-refractivity contribution in [2.45, 2.75) is 25.8 Å². The van der Waals surface area contributed by atoms with Crippen LogP contribution in [0.25, 0.3) is 0 Å². The molecule has 0 amide bonds. The molecule has 0 bridgehead atoms. The van der Waals surface area contributed by atoms with Gasteiger partial charge in [0.2, 0.25) is 6.43 Å². The second-order valence-corrected chi connectivity index (χ2v) is 4.79. The molecule has 0 aromatic heterocycles. The van der Waals surface area contributed by atoms with Crippen molar-refractivity contribution in [2.75, 3.05) is 26.2 Å². The normalized spacial score (nSPS) is 19.1. The number of hydrogen-bond acceptors (Lipinski definition) is 2. The predicted octanol–water partition coefficient (Wildman–Crippen LogP) is 2.60. The Balaban J connectivity index is 2.21. The zero-order valence-electron chi connectivity index (χ0n) is 10.7. The van der Waals surface area contributed by atoms with Crippen molar-refractivity contribution >= 4 is 0 Å². The monoisotopic (exact) mass is 254 g/mol. The summed E-state index contributed by atoms with van der Waals surface area (Å²) in [5.41, 5.74) is 2.14. The molecular formula is C14H20F2N2. The van der Waals surface area contributed by atoms with E-state index in [-0.39, 0.29) is 12.5 Å². The summed E-state index contributed by atoms with van der Waals surface area (Å²) in [6.45, 7) is 5.44. The highest BCUT2D eigenvalue weighted by Gasteiger charge is 2.26. The minimum atomic E-state index is -2.26. The quantitative estimate of drug-likeness (QED) is 0.888. The fourth-order valence-electron chi connectivity index (χ4n) is 2.60. The zero-order valence-corrected chi connectivity index (χ0v) is 10.7. The summed E-state index contributed by atoms with van der Waals surface area (Å²) in [5, 5.41) is 3.26. The molecule has 1 saturated heterocycles. The number of piperazine rings is 1. The SMILES string of the molecule is Cc1ccccc1[C@H](CC(F)F)N1CCNCC1. The predicted molar refractivity (Wildman–Crippen MR) is 69.0 cm³/mol. The molecule has 1 aromatic carbocycles. The Bertz CT molecular complexity index is 376. The van der Waals surface area contributed by atoms with Crippen LogP contribution in [0, 0.1) is 6.92 Å². The molecule has 0 aliphatic carbocycles.